The summed E-state index contributed by atoms with van der Waals surface area (Å²) in [5, 5.41) is 4.13. The van der Waals surface area contributed by atoms with Gasteiger partial charge >= 0.3 is 0 Å². The summed E-state index contributed by atoms with van der Waals surface area (Å²) in [7, 11) is 0. The fraction of sp³-hybridized carbons (Fsp3) is 0.500. The van der Waals surface area contributed by atoms with Crippen LogP contribution in [0.4, 0.5) is 0 Å². The van der Waals surface area contributed by atoms with Crippen molar-refractivity contribution in [2.75, 3.05) is 19.7 Å². The molecule has 0 saturated carbocycles. The molecule has 2 nitrogen and oxygen atoms in total. The first-order valence-electron chi connectivity index (χ1n) is 5.44. The van der Waals surface area contributed by atoms with E-state index in [9.17, 15) is 0 Å². The Morgan fingerprint density at radius 2 is 2.06 bits per heavy atom. The van der Waals surface area contributed by atoms with Gasteiger partial charge in [-0.3, -0.25) is 0 Å². The van der Waals surface area contributed by atoms with Gasteiger partial charge in [0.2, 0.25) is 0 Å². The van der Waals surface area contributed by atoms with Crippen LogP contribution in [0.15, 0.2) is 24.3 Å². The van der Waals surface area contributed by atoms with Crippen molar-refractivity contribution in [2.24, 2.45) is 5.92 Å². The summed E-state index contributed by atoms with van der Waals surface area (Å²) < 4.78 is 5.70. The highest BCUT2D eigenvalue weighted by Gasteiger charge is 2.13. The largest absolute Gasteiger partial charge is 0.493 e. The van der Waals surface area contributed by atoms with Crippen molar-refractivity contribution in [3.8, 4) is 5.75 Å². The molecule has 16 heavy (non-hydrogen) atoms. The molecule has 1 unspecified atom stereocenters. The minimum absolute atomic E-state index is 0. The van der Waals surface area contributed by atoms with E-state index in [1.807, 2.05) is 24.3 Å². The predicted octanol–water partition coefficient (Wildman–Crippen LogP) is 3.14. The van der Waals surface area contributed by atoms with Gasteiger partial charge in [0.05, 0.1) is 6.61 Å². The molecule has 1 aliphatic rings. The lowest BCUT2D eigenvalue weighted by Crippen LogP contribution is -2.33. The Bertz CT molecular complexity index is 296. The molecule has 1 aromatic carbocycles. The van der Waals surface area contributed by atoms with Crippen molar-refractivity contribution in [2.45, 2.75) is 12.8 Å². The number of hydrogen-bond acceptors (Lipinski definition) is 2. The zero-order valence-corrected chi connectivity index (χ0v) is 10.7. The standard InChI is InChI=1S/C12H16ClNO.ClH/c13-11-3-5-12(6-4-11)15-9-10-2-1-7-14-8-10;/h3-6,10,14H,1-2,7-9H2;1H. The van der Waals surface area contributed by atoms with Crippen LogP contribution < -0.4 is 10.1 Å². The molecule has 1 fully saturated rings. The number of nitrogens with one attached hydrogen (secondary N) is 1. The van der Waals surface area contributed by atoms with Gasteiger partial charge < -0.3 is 10.1 Å². The lowest BCUT2D eigenvalue weighted by Gasteiger charge is -2.22. The van der Waals surface area contributed by atoms with Gasteiger partial charge in [0.1, 0.15) is 5.75 Å². The molecule has 0 radical (unpaired) electrons. The van der Waals surface area contributed by atoms with Crippen LogP contribution in [0.5, 0.6) is 5.75 Å². The maximum Gasteiger partial charge on any atom is 0.119 e. The van der Waals surface area contributed by atoms with Crippen LogP contribution in [0.3, 0.4) is 0 Å². The van der Waals surface area contributed by atoms with Crippen LogP contribution >= 0.6 is 24.0 Å². The highest BCUT2D eigenvalue weighted by molar-refractivity contribution is 6.30. The second-order valence-electron chi connectivity index (χ2n) is 3.98. The molecule has 0 spiro atoms. The molecular weight excluding hydrogens is 245 g/mol. The Morgan fingerprint density at radius 1 is 1.31 bits per heavy atom. The third kappa shape index (κ3) is 4.20. The molecule has 4 heteroatoms. The van der Waals surface area contributed by atoms with Gasteiger partial charge in [0.15, 0.2) is 0 Å². The quantitative estimate of drug-likeness (QED) is 0.903. The Labute approximate surface area is 108 Å². The molecule has 0 aliphatic carbocycles. The van der Waals surface area contributed by atoms with Crippen molar-refractivity contribution in [1.82, 2.24) is 5.32 Å². The molecule has 1 atom stereocenters. The molecule has 0 aromatic heterocycles. The summed E-state index contributed by atoms with van der Waals surface area (Å²) in [5.41, 5.74) is 0. The summed E-state index contributed by atoms with van der Waals surface area (Å²) in [6, 6.07) is 7.54. The maximum absolute atomic E-state index is 5.79. The van der Waals surface area contributed by atoms with Gasteiger partial charge in [-0.2, -0.15) is 0 Å². The van der Waals surface area contributed by atoms with Crippen LogP contribution in [0.2, 0.25) is 5.02 Å². The Kier molecular flexibility index (Phi) is 5.96. The minimum Gasteiger partial charge on any atom is -0.493 e. The molecule has 2 rings (SSSR count). The second-order valence-corrected chi connectivity index (χ2v) is 4.41. The third-order valence-electron chi connectivity index (χ3n) is 2.70. The van der Waals surface area contributed by atoms with Gasteiger partial charge in [-0.15, -0.1) is 12.4 Å². The van der Waals surface area contributed by atoms with Crippen molar-refractivity contribution in [3.63, 3.8) is 0 Å². The molecule has 0 bridgehead atoms. The number of benzene rings is 1. The Morgan fingerprint density at radius 3 is 2.69 bits per heavy atom. The van der Waals surface area contributed by atoms with Crippen molar-refractivity contribution in [3.05, 3.63) is 29.3 Å². The average molecular weight is 262 g/mol. The molecular formula is C12H17Cl2NO. The highest BCUT2D eigenvalue weighted by Crippen LogP contribution is 2.17. The number of piperidine rings is 1. The Hall–Kier alpha value is -0.440. The van der Waals surface area contributed by atoms with Crippen LogP contribution in [0.1, 0.15) is 12.8 Å². The lowest BCUT2D eigenvalue weighted by atomic mass is 10.0. The van der Waals surface area contributed by atoms with Crippen molar-refractivity contribution >= 4 is 24.0 Å². The molecule has 1 saturated heterocycles. The summed E-state index contributed by atoms with van der Waals surface area (Å²) in [6.07, 6.45) is 2.52. The summed E-state index contributed by atoms with van der Waals surface area (Å²) >= 11 is 5.79. The molecule has 1 heterocycles. The van der Waals surface area contributed by atoms with Crippen molar-refractivity contribution in [1.29, 1.82) is 0 Å². The summed E-state index contributed by atoms with van der Waals surface area (Å²) in [5.74, 6) is 1.56. The van der Waals surface area contributed by atoms with Gasteiger partial charge in [0, 0.05) is 17.5 Å². The molecule has 90 valence electrons. The average Bonchev–Trinajstić information content (AvgIpc) is 2.30. The minimum atomic E-state index is 0. The van der Waals surface area contributed by atoms with E-state index in [1.165, 1.54) is 12.8 Å². The zero-order valence-electron chi connectivity index (χ0n) is 9.12. The van der Waals surface area contributed by atoms with Crippen LogP contribution in [-0.2, 0) is 0 Å². The molecule has 0 amide bonds. The van der Waals surface area contributed by atoms with E-state index >= 15 is 0 Å². The van der Waals surface area contributed by atoms with E-state index in [2.05, 4.69) is 5.32 Å². The smallest absolute Gasteiger partial charge is 0.119 e. The van der Waals surface area contributed by atoms with Crippen LogP contribution in [0, 0.1) is 5.92 Å². The Balaban J connectivity index is 0.00000128. The third-order valence-corrected chi connectivity index (χ3v) is 2.95. The number of hydrogen-bond donors (Lipinski definition) is 1. The summed E-state index contributed by atoms with van der Waals surface area (Å²) in [6.45, 7) is 3.03. The molecule has 1 aromatic rings. The topological polar surface area (TPSA) is 21.3 Å². The van der Waals surface area contributed by atoms with Crippen LogP contribution in [0.25, 0.3) is 0 Å². The van der Waals surface area contributed by atoms with Crippen molar-refractivity contribution < 1.29 is 4.74 Å². The lowest BCUT2D eigenvalue weighted by molar-refractivity contribution is 0.218. The van der Waals surface area contributed by atoms with E-state index in [0.29, 0.717) is 5.92 Å². The van der Waals surface area contributed by atoms with Gasteiger partial charge in [-0.05, 0) is 43.7 Å². The maximum atomic E-state index is 5.79. The van der Waals surface area contributed by atoms with Gasteiger partial charge in [0.25, 0.3) is 0 Å². The molecule has 1 N–H and O–H groups in total. The number of halogens is 2. The second kappa shape index (κ2) is 7.00. The van der Waals surface area contributed by atoms with Gasteiger partial charge in [-0.1, -0.05) is 11.6 Å². The fourth-order valence-corrected chi connectivity index (χ4v) is 1.94. The number of rotatable bonds is 3. The zero-order chi connectivity index (χ0) is 10.5. The van der Waals surface area contributed by atoms with E-state index in [0.717, 1.165) is 30.5 Å². The van der Waals surface area contributed by atoms with E-state index in [-0.39, 0.29) is 12.4 Å². The first-order valence-corrected chi connectivity index (χ1v) is 5.81. The first-order chi connectivity index (χ1) is 7.34. The van der Waals surface area contributed by atoms with E-state index in [4.69, 9.17) is 16.3 Å². The van der Waals surface area contributed by atoms with Gasteiger partial charge in [-0.25, -0.2) is 0 Å². The van der Waals surface area contributed by atoms with E-state index < -0.39 is 0 Å². The van der Waals surface area contributed by atoms with E-state index in [1.54, 1.807) is 0 Å². The fourth-order valence-electron chi connectivity index (χ4n) is 1.81. The highest BCUT2D eigenvalue weighted by atomic mass is 35.5. The normalized spacial score (nSPS) is 19.9. The van der Waals surface area contributed by atoms with Crippen LogP contribution in [-0.4, -0.2) is 19.7 Å². The summed E-state index contributed by atoms with van der Waals surface area (Å²) in [4.78, 5) is 0. The predicted molar refractivity (Wildman–Crippen MR) is 69.8 cm³/mol. The number of ether oxygens (including phenoxy) is 1. The monoisotopic (exact) mass is 261 g/mol. The first kappa shape index (κ1) is 13.6. The SMILES string of the molecule is Cl.Clc1ccc(OCC2CCCNC2)cc1. The molecule has 1 aliphatic heterocycles.